The van der Waals surface area contributed by atoms with E-state index in [1.165, 1.54) is 80.0 Å². The molecule has 0 nitrogen and oxygen atoms in total. The van der Waals surface area contributed by atoms with E-state index < -0.39 is 0 Å². The molecule has 0 N–H and O–H groups in total. The average Bonchev–Trinajstić information content (AvgIpc) is 2.76. The molecule has 1 aliphatic carbocycles. The first-order chi connectivity index (χ1) is 13.8. The van der Waals surface area contributed by atoms with Crippen molar-refractivity contribution in [2.75, 3.05) is 0 Å². The van der Waals surface area contributed by atoms with E-state index in [0.717, 1.165) is 6.42 Å². The van der Waals surface area contributed by atoms with Crippen LogP contribution in [0.1, 0.15) is 81.8 Å². The molecular formula is C27H35F. The number of allylic oxidation sites excluding steroid dienone is 1. The monoisotopic (exact) mass is 378 g/mol. The van der Waals surface area contributed by atoms with Crippen LogP contribution in [0.4, 0.5) is 4.39 Å². The van der Waals surface area contributed by atoms with Crippen LogP contribution in [0.25, 0.3) is 11.1 Å². The first-order valence-electron chi connectivity index (χ1n) is 11.2. The fourth-order valence-electron chi connectivity index (χ4n) is 4.54. The molecule has 0 spiro atoms. The minimum atomic E-state index is 0.669. The highest BCUT2D eigenvalue weighted by Crippen LogP contribution is 2.37. The Labute approximate surface area is 170 Å². The predicted molar refractivity (Wildman–Crippen MR) is 119 cm³/mol. The van der Waals surface area contributed by atoms with E-state index in [1.807, 2.05) is 0 Å². The summed E-state index contributed by atoms with van der Waals surface area (Å²) >= 11 is 0. The number of rotatable bonds is 9. The minimum Gasteiger partial charge on any atom is -0.216 e. The summed E-state index contributed by atoms with van der Waals surface area (Å²) in [5, 5.41) is 0. The van der Waals surface area contributed by atoms with Crippen LogP contribution >= 0.6 is 0 Å². The van der Waals surface area contributed by atoms with Crippen molar-refractivity contribution in [3.05, 3.63) is 72.1 Å². The Kier molecular flexibility index (Phi) is 8.33. The zero-order chi connectivity index (χ0) is 19.6. The van der Waals surface area contributed by atoms with E-state index in [0.29, 0.717) is 18.2 Å². The van der Waals surface area contributed by atoms with Crippen molar-refractivity contribution in [3.63, 3.8) is 0 Å². The second-order valence-corrected chi connectivity index (χ2v) is 8.44. The first-order valence-corrected chi connectivity index (χ1v) is 11.2. The molecule has 3 rings (SSSR count). The molecule has 0 atom stereocenters. The molecule has 0 bridgehead atoms. The second-order valence-electron chi connectivity index (χ2n) is 8.44. The van der Waals surface area contributed by atoms with Crippen LogP contribution in [0, 0.1) is 5.92 Å². The lowest BCUT2D eigenvalue weighted by Gasteiger charge is -2.28. The predicted octanol–water partition coefficient (Wildman–Crippen LogP) is 8.62. The number of unbranched alkanes of at least 4 members (excludes halogenated alkanes) is 3. The van der Waals surface area contributed by atoms with E-state index in [9.17, 15) is 4.39 Å². The molecule has 1 aliphatic rings. The van der Waals surface area contributed by atoms with Crippen LogP contribution in [0.15, 0.2) is 60.9 Å². The van der Waals surface area contributed by atoms with Gasteiger partial charge in [-0.15, -0.1) is 0 Å². The highest BCUT2D eigenvalue weighted by Gasteiger charge is 2.21. The fourth-order valence-corrected chi connectivity index (χ4v) is 4.54. The maximum absolute atomic E-state index is 12.2. The Hall–Kier alpha value is -1.89. The number of hydrogen-bond donors (Lipinski definition) is 0. The number of benzene rings is 2. The Bertz CT molecular complexity index is 703. The maximum atomic E-state index is 12.2. The Morgan fingerprint density at radius 1 is 0.821 bits per heavy atom. The van der Waals surface area contributed by atoms with Gasteiger partial charge in [0, 0.05) is 0 Å². The van der Waals surface area contributed by atoms with Crippen molar-refractivity contribution in [3.8, 4) is 11.1 Å². The summed E-state index contributed by atoms with van der Waals surface area (Å²) in [5.41, 5.74) is 5.54. The molecule has 1 saturated carbocycles. The van der Waals surface area contributed by atoms with Crippen molar-refractivity contribution in [2.24, 2.45) is 5.92 Å². The van der Waals surface area contributed by atoms with Gasteiger partial charge >= 0.3 is 0 Å². The first kappa shape index (κ1) is 20.8. The van der Waals surface area contributed by atoms with Gasteiger partial charge in [-0.1, -0.05) is 80.8 Å². The second kappa shape index (κ2) is 11.2. The lowest BCUT2D eigenvalue weighted by molar-refractivity contribution is 0.327. The maximum Gasteiger partial charge on any atom is 0.0827 e. The summed E-state index contributed by atoms with van der Waals surface area (Å²) in [6.07, 6.45) is 14.7. The van der Waals surface area contributed by atoms with Gasteiger partial charge in [0.1, 0.15) is 0 Å². The van der Waals surface area contributed by atoms with Crippen LogP contribution < -0.4 is 0 Å². The molecule has 150 valence electrons. The largest absolute Gasteiger partial charge is 0.216 e. The average molecular weight is 379 g/mol. The van der Waals surface area contributed by atoms with Crippen LogP contribution in [-0.4, -0.2) is 0 Å². The molecule has 1 heteroatoms. The SMILES string of the molecule is CCCCCCc1ccc(-c2ccc([C@H]3CC[C@H](C/C=C/F)CC3)cc2)cc1. The zero-order valence-corrected chi connectivity index (χ0v) is 17.4. The lowest BCUT2D eigenvalue weighted by Crippen LogP contribution is -2.12. The molecule has 0 unspecified atom stereocenters. The zero-order valence-electron chi connectivity index (χ0n) is 17.4. The van der Waals surface area contributed by atoms with Crippen LogP contribution in [0.2, 0.25) is 0 Å². The van der Waals surface area contributed by atoms with Gasteiger partial charge in [-0.25, -0.2) is 4.39 Å². The van der Waals surface area contributed by atoms with E-state index in [1.54, 1.807) is 6.08 Å². The van der Waals surface area contributed by atoms with Gasteiger partial charge in [0.05, 0.1) is 6.33 Å². The van der Waals surface area contributed by atoms with Crippen molar-refractivity contribution in [1.82, 2.24) is 0 Å². The summed E-state index contributed by atoms with van der Waals surface area (Å²) in [7, 11) is 0. The molecule has 0 radical (unpaired) electrons. The molecule has 0 aromatic heterocycles. The molecule has 2 aromatic rings. The van der Waals surface area contributed by atoms with Gasteiger partial charge in [0.2, 0.25) is 0 Å². The third kappa shape index (κ3) is 6.06. The topological polar surface area (TPSA) is 0 Å². The third-order valence-electron chi connectivity index (χ3n) is 6.39. The summed E-state index contributed by atoms with van der Waals surface area (Å²) < 4.78 is 12.2. The van der Waals surface area contributed by atoms with E-state index in [2.05, 4.69) is 55.5 Å². The number of hydrogen-bond acceptors (Lipinski definition) is 0. The quantitative estimate of drug-likeness (QED) is 0.383. The number of halogens is 1. The molecule has 0 amide bonds. The standard InChI is InChI=1S/C27H35F/c1-2-3-4-5-7-22-9-13-24(14-10-22)26-17-19-27(20-18-26)25-15-11-23(12-16-25)8-6-21-28/h6,9-10,13-14,17-21,23,25H,2-5,7-8,11-12,15-16H2,1H3/b21-6+/t23-,25-. The molecule has 0 aliphatic heterocycles. The molecule has 1 fully saturated rings. The number of aryl methyl sites for hydroxylation is 1. The Morgan fingerprint density at radius 3 is 2.07 bits per heavy atom. The van der Waals surface area contributed by atoms with Gasteiger partial charge in [-0.3, -0.25) is 0 Å². The van der Waals surface area contributed by atoms with Crippen LogP contribution in [-0.2, 0) is 6.42 Å². The van der Waals surface area contributed by atoms with Gasteiger partial charge in [-0.2, -0.15) is 0 Å². The summed E-state index contributed by atoms with van der Waals surface area (Å²) in [5.74, 6) is 1.34. The minimum absolute atomic E-state index is 0.669. The Balaban J connectivity index is 1.53. The molecule has 0 heterocycles. The van der Waals surface area contributed by atoms with Gasteiger partial charge in [-0.05, 0) is 79.0 Å². The van der Waals surface area contributed by atoms with Crippen molar-refractivity contribution >= 4 is 0 Å². The van der Waals surface area contributed by atoms with E-state index in [4.69, 9.17) is 0 Å². The Morgan fingerprint density at radius 2 is 1.46 bits per heavy atom. The molecule has 0 saturated heterocycles. The summed E-state index contributed by atoms with van der Waals surface area (Å²) in [6, 6.07) is 18.3. The summed E-state index contributed by atoms with van der Waals surface area (Å²) in [6.45, 7) is 2.26. The van der Waals surface area contributed by atoms with Crippen molar-refractivity contribution < 1.29 is 4.39 Å². The van der Waals surface area contributed by atoms with Crippen molar-refractivity contribution in [1.29, 1.82) is 0 Å². The summed E-state index contributed by atoms with van der Waals surface area (Å²) in [4.78, 5) is 0. The lowest BCUT2D eigenvalue weighted by atomic mass is 9.77. The fraction of sp³-hybridized carbons (Fsp3) is 0.481. The van der Waals surface area contributed by atoms with Crippen molar-refractivity contribution in [2.45, 2.75) is 77.0 Å². The van der Waals surface area contributed by atoms with E-state index >= 15 is 0 Å². The van der Waals surface area contributed by atoms with Crippen LogP contribution in [0.3, 0.4) is 0 Å². The smallest absolute Gasteiger partial charge is 0.0827 e. The van der Waals surface area contributed by atoms with E-state index in [-0.39, 0.29) is 0 Å². The third-order valence-corrected chi connectivity index (χ3v) is 6.39. The normalized spacial score (nSPS) is 19.9. The van der Waals surface area contributed by atoms with Gasteiger partial charge < -0.3 is 0 Å². The van der Waals surface area contributed by atoms with Gasteiger partial charge in [0.25, 0.3) is 0 Å². The molecule has 2 aromatic carbocycles. The molecule has 28 heavy (non-hydrogen) atoms. The van der Waals surface area contributed by atoms with Crippen LogP contribution in [0.5, 0.6) is 0 Å². The van der Waals surface area contributed by atoms with Gasteiger partial charge in [0.15, 0.2) is 0 Å². The molecular weight excluding hydrogens is 343 g/mol. The highest BCUT2D eigenvalue weighted by atomic mass is 19.1. The highest BCUT2D eigenvalue weighted by molar-refractivity contribution is 5.64.